The molecule has 0 aromatic carbocycles. The molecule has 2 unspecified atom stereocenters. The van der Waals surface area contributed by atoms with Crippen LogP contribution in [0.3, 0.4) is 0 Å². The van der Waals surface area contributed by atoms with E-state index >= 15 is 0 Å². The zero-order chi connectivity index (χ0) is 10.6. The van der Waals surface area contributed by atoms with Gasteiger partial charge in [-0.3, -0.25) is 4.79 Å². The van der Waals surface area contributed by atoms with Crippen LogP contribution in [-0.2, 0) is 4.79 Å². The SMILES string of the molecule is CCCC1CC(=O)C(CC)=CC1CC. The fourth-order valence-electron chi connectivity index (χ4n) is 2.46. The largest absolute Gasteiger partial charge is 0.295 e. The number of hydrogen-bond acceptors (Lipinski definition) is 1. The van der Waals surface area contributed by atoms with E-state index in [-0.39, 0.29) is 0 Å². The molecule has 1 nitrogen and oxygen atoms in total. The minimum Gasteiger partial charge on any atom is -0.295 e. The molecule has 0 radical (unpaired) electrons. The van der Waals surface area contributed by atoms with E-state index in [0.717, 1.165) is 18.4 Å². The molecule has 1 heteroatoms. The zero-order valence-electron chi connectivity index (χ0n) is 9.68. The molecule has 0 saturated heterocycles. The first-order valence-electron chi connectivity index (χ1n) is 5.96. The molecular formula is C13H22O. The van der Waals surface area contributed by atoms with Crippen LogP contribution >= 0.6 is 0 Å². The van der Waals surface area contributed by atoms with E-state index in [4.69, 9.17) is 0 Å². The summed E-state index contributed by atoms with van der Waals surface area (Å²) in [5.41, 5.74) is 1.07. The third kappa shape index (κ3) is 2.46. The Bertz CT molecular complexity index is 227. The summed E-state index contributed by atoms with van der Waals surface area (Å²) in [5.74, 6) is 1.67. The quantitative estimate of drug-likeness (QED) is 0.666. The lowest BCUT2D eigenvalue weighted by Crippen LogP contribution is -2.23. The molecule has 0 saturated carbocycles. The van der Waals surface area contributed by atoms with Gasteiger partial charge in [-0.05, 0) is 36.7 Å². The molecular weight excluding hydrogens is 172 g/mol. The van der Waals surface area contributed by atoms with Gasteiger partial charge in [0.25, 0.3) is 0 Å². The summed E-state index contributed by atoms with van der Waals surface area (Å²) in [4.78, 5) is 11.7. The van der Waals surface area contributed by atoms with E-state index in [1.807, 2.05) is 0 Å². The van der Waals surface area contributed by atoms with E-state index in [1.165, 1.54) is 19.3 Å². The van der Waals surface area contributed by atoms with Gasteiger partial charge >= 0.3 is 0 Å². The molecule has 0 bridgehead atoms. The van der Waals surface area contributed by atoms with E-state index in [9.17, 15) is 4.79 Å². The lowest BCUT2D eigenvalue weighted by atomic mass is 9.76. The van der Waals surface area contributed by atoms with Crippen molar-refractivity contribution in [1.82, 2.24) is 0 Å². The average molecular weight is 194 g/mol. The number of hydrogen-bond donors (Lipinski definition) is 0. The third-order valence-corrected chi connectivity index (χ3v) is 3.34. The summed E-state index contributed by atoms with van der Waals surface area (Å²) in [7, 11) is 0. The van der Waals surface area contributed by atoms with Crippen LogP contribution in [0, 0.1) is 11.8 Å². The number of carbonyl (C=O) groups is 1. The Hall–Kier alpha value is -0.590. The van der Waals surface area contributed by atoms with Crippen LogP contribution in [-0.4, -0.2) is 5.78 Å². The van der Waals surface area contributed by atoms with Crippen molar-refractivity contribution in [1.29, 1.82) is 0 Å². The fourth-order valence-corrected chi connectivity index (χ4v) is 2.46. The molecule has 1 rings (SSSR count). The maximum Gasteiger partial charge on any atom is 0.158 e. The van der Waals surface area contributed by atoms with Gasteiger partial charge in [0, 0.05) is 6.42 Å². The molecule has 0 aromatic rings. The van der Waals surface area contributed by atoms with Crippen molar-refractivity contribution in [2.45, 2.75) is 52.9 Å². The number of allylic oxidation sites excluding steroid dienone is 2. The van der Waals surface area contributed by atoms with Gasteiger partial charge in [0.15, 0.2) is 5.78 Å². The second-order valence-electron chi connectivity index (χ2n) is 4.29. The smallest absolute Gasteiger partial charge is 0.158 e. The molecule has 0 spiro atoms. The van der Waals surface area contributed by atoms with E-state index in [0.29, 0.717) is 17.6 Å². The highest BCUT2D eigenvalue weighted by molar-refractivity contribution is 5.96. The maximum absolute atomic E-state index is 11.7. The van der Waals surface area contributed by atoms with Crippen molar-refractivity contribution in [3.8, 4) is 0 Å². The maximum atomic E-state index is 11.7. The number of carbonyl (C=O) groups excluding carboxylic acids is 1. The molecule has 0 N–H and O–H groups in total. The van der Waals surface area contributed by atoms with E-state index in [1.54, 1.807) is 0 Å². The normalized spacial score (nSPS) is 27.6. The Morgan fingerprint density at radius 1 is 1.36 bits per heavy atom. The highest BCUT2D eigenvalue weighted by Gasteiger charge is 2.27. The number of ketones is 1. The molecule has 0 amide bonds. The summed E-state index contributed by atoms with van der Waals surface area (Å²) in [5, 5.41) is 0. The highest BCUT2D eigenvalue weighted by atomic mass is 16.1. The van der Waals surface area contributed by atoms with Gasteiger partial charge in [-0.1, -0.05) is 33.3 Å². The Balaban J connectivity index is 2.75. The first kappa shape index (κ1) is 11.5. The zero-order valence-corrected chi connectivity index (χ0v) is 9.68. The van der Waals surface area contributed by atoms with Gasteiger partial charge in [0.05, 0.1) is 0 Å². The summed E-state index contributed by atoms with van der Waals surface area (Å²) in [6.07, 6.45) is 7.54. The Labute approximate surface area is 87.6 Å². The van der Waals surface area contributed by atoms with Gasteiger partial charge < -0.3 is 0 Å². The standard InChI is InChI=1S/C13H22O/c1-4-7-12-9-13(14)11(6-3)8-10(12)5-2/h8,10,12H,4-7,9H2,1-3H3. The molecule has 0 fully saturated rings. The van der Waals surface area contributed by atoms with Crippen LogP contribution in [0.15, 0.2) is 11.6 Å². The van der Waals surface area contributed by atoms with Gasteiger partial charge in [0.1, 0.15) is 0 Å². The highest BCUT2D eigenvalue weighted by Crippen LogP contribution is 2.32. The topological polar surface area (TPSA) is 17.1 Å². The van der Waals surface area contributed by atoms with Crippen molar-refractivity contribution in [3.63, 3.8) is 0 Å². The molecule has 14 heavy (non-hydrogen) atoms. The predicted molar refractivity (Wildman–Crippen MR) is 60.2 cm³/mol. The van der Waals surface area contributed by atoms with Crippen molar-refractivity contribution in [2.75, 3.05) is 0 Å². The van der Waals surface area contributed by atoms with Crippen molar-refractivity contribution >= 4 is 5.78 Å². The molecule has 1 aliphatic carbocycles. The fraction of sp³-hybridized carbons (Fsp3) is 0.769. The summed E-state index contributed by atoms with van der Waals surface area (Å²) in [6, 6.07) is 0. The Kier molecular flexibility index (Phi) is 4.37. The summed E-state index contributed by atoms with van der Waals surface area (Å²) in [6.45, 7) is 6.51. The second kappa shape index (κ2) is 5.33. The van der Waals surface area contributed by atoms with Crippen molar-refractivity contribution < 1.29 is 4.79 Å². The lowest BCUT2D eigenvalue weighted by molar-refractivity contribution is -0.117. The number of rotatable bonds is 4. The summed E-state index contributed by atoms with van der Waals surface area (Å²) < 4.78 is 0. The Morgan fingerprint density at radius 3 is 2.57 bits per heavy atom. The van der Waals surface area contributed by atoms with Gasteiger partial charge in [-0.15, -0.1) is 0 Å². The van der Waals surface area contributed by atoms with Gasteiger partial charge in [-0.2, -0.15) is 0 Å². The van der Waals surface area contributed by atoms with Crippen LogP contribution in [0.1, 0.15) is 52.9 Å². The van der Waals surface area contributed by atoms with Gasteiger partial charge in [-0.25, -0.2) is 0 Å². The molecule has 0 heterocycles. The molecule has 2 atom stereocenters. The minimum atomic E-state index is 0.399. The lowest BCUT2D eigenvalue weighted by Gasteiger charge is -2.28. The van der Waals surface area contributed by atoms with Crippen LogP contribution in [0.5, 0.6) is 0 Å². The molecule has 0 aliphatic heterocycles. The monoisotopic (exact) mass is 194 g/mol. The van der Waals surface area contributed by atoms with Crippen molar-refractivity contribution in [3.05, 3.63) is 11.6 Å². The first-order valence-corrected chi connectivity index (χ1v) is 5.96. The van der Waals surface area contributed by atoms with Crippen LogP contribution in [0.2, 0.25) is 0 Å². The van der Waals surface area contributed by atoms with Crippen LogP contribution < -0.4 is 0 Å². The second-order valence-corrected chi connectivity index (χ2v) is 4.29. The summed E-state index contributed by atoms with van der Waals surface area (Å²) >= 11 is 0. The molecule has 0 aromatic heterocycles. The first-order chi connectivity index (χ1) is 6.72. The molecule has 1 aliphatic rings. The van der Waals surface area contributed by atoms with Crippen LogP contribution in [0.4, 0.5) is 0 Å². The van der Waals surface area contributed by atoms with E-state index in [2.05, 4.69) is 26.8 Å². The average Bonchev–Trinajstić information content (AvgIpc) is 2.19. The van der Waals surface area contributed by atoms with Crippen LogP contribution in [0.25, 0.3) is 0 Å². The third-order valence-electron chi connectivity index (χ3n) is 3.34. The predicted octanol–water partition coefficient (Wildman–Crippen LogP) is 3.74. The minimum absolute atomic E-state index is 0.399. The molecule has 80 valence electrons. The van der Waals surface area contributed by atoms with Gasteiger partial charge in [0.2, 0.25) is 0 Å². The Morgan fingerprint density at radius 2 is 2.07 bits per heavy atom. The van der Waals surface area contributed by atoms with Crippen molar-refractivity contribution in [2.24, 2.45) is 11.8 Å². The number of Topliss-reactive ketones (excluding diaryl/α,β-unsaturated/α-hetero) is 1. The van der Waals surface area contributed by atoms with E-state index < -0.39 is 0 Å².